The summed E-state index contributed by atoms with van der Waals surface area (Å²) >= 11 is 0. The van der Waals surface area contributed by atoms with E-state index in [-0.39, 0.29) is 22.1 Å². The van der Waals surface area contributed by atoms with Crippen LogP contribution in [0.15, 0.2) is 53.4 Å². The van der Waals surface area contributed by atoms with Crippen molar-refractivity contribution >= 4 is 27.5 Å². The van der Waals surface area contributed by atoms with Gasteiger partial charge in [-0.15, -0.1) is 0 Å². The lowest BCUT2D eigenvalue weighted by molar-refractivity contribution is -0.124. The third-order valence-electron chi connectivity index (χ3n) is 6.25. The molecule has 35 heavy (non-hydrogen) atoms. The second kappa shape index (κ2) is 10.8. The van der Waals surface area contributed by atoms with E-state index >= 15 is 0 Å². The summed E-state index contributed by atoms with van der Waals surface area (Å²) in [4.78, 5) is 27.5. The van der Waals surface area contributed by atoms with Gasteiger partial charge in [-0.3, -0.25) is 14.3 Å². The molecule has 190 valence electrons. The number of nitrogens with zero attached hydrogens (tertiary/aromatic N) is 1. The molecular formula is C27H37N3O4S. The molecular weight excluding hydrogens is 462 g/mol. The van der Waals surface area contributed by atoms with Gasteiger partial charge in [0.1, 0.15) is 6.04 Å². The van der Waals surface area contributed by atoms with Crippen LogP contribution in [0.4, 0.5) is 5.69 Å². The van der Waals surface area contributed by atoms with Crippen LogP contribution in [-0.4, -0.2) is 44.3 Å². The van der Waals surface area contributed by atoms with Gasteiger partial charge in [0, 0.05) is 24.3 Å². The zero-order valence-corrected chi connectivity index (χ0v) is 22.1. The Morgan fingerprint density at radius 2 is 1.66 bits per heavy atom. The highest BCUT2D eigenvalue weighted by Crippen LogP contribution is 2.25. The van der Waals surface area contributed by atoms with E-state index < -0.39 is 16.1 Å². The highest BCUT2D eigenvalue weighted by molar-refractivity contribution is 7.92. The maximum Gasteiger partial charge on any atom is 0.261 e. The third kappa shape index (κ3) is 6.84. The Labute approximate surface area is 209 Å². The summed E-state index contributed by atoms with van der Waals surface area (Å²) in [6.45, 7) is 11.5. The monoisotopic (exact) mass is 499 g/mol. The Balaban J connectivity index is 1.66. The normalized spacial score (nSPS) is 16.4. The topological polar surface area (TPSA) is 95.6 Å². The molecule has 1 atom stereocenters. The number of benzene rings is 2. The Morgan fingerprint density at radius 1 is 1.03 bits per heavy atom. The van der Waals surface area contributed by atoms with Crippen molar-refractivity contribution in [1.29, 1.82) is 0 Å². The summed E-state index contributed by atoms with van der Waals surface area (Å²) < 4.78 is 28.2. The summed E-state index contributed by atoms with van der Waals surface area (Å²) in [5.41, 5.74) is 1.77. The summed E-state index contributed by atoms with van der Waals surface area (Å²) in [5, 5.41) is 2.94. The number of sulfonamides is 1. The predicted molar refractivity (Wildman–Crippen MR) is 139 cm³/mol. The number of carbonyl (C=O) groups is 2. The molecule has 0 saturated carbocycles. The highest BCUT2D eigenvalue weighted by atomic mass is 32.2. The van der Waals surface area contributed by atoms with Crippen molar-refractivity contribution in [2.75, 3.05) is 17.8 Å². The van der Waals surface area contributed by atoms with Crippen molar-refractivity contribution in [2.45, 2.75) is 70.2 Å². The van der Waals surface area contributed by atoms with Crippen molar-refractivity contribution in [3.05, 3.63) is 59.7 Å². The van der Waals surface area contributed by atoms with Crippen LogP contribution >= 0.6 is 0 Å². The largest absolute Gasteiger partial charge is 0.354 e. The predicted octanol–water partition coefficient (Wildman–Crippen LogP) is 4.55. The van der Waals surface area contributed by atoms with Gasteiger partial charge in [0.15, 0.2) is 0 Å². The number of nitrogens with one attached hydrogen (secondary N) is 2. The summed E-state index contributed by atoms with van der Waals surface area (Å²) in [6.07, 6.45) is 2.32. The molecule has 1 fully saturated rings. The minimum Gasteiger partial charge on any atom is -0.354 e. The van der Waals surface area contributed by atoms with E-state index in [1.807, 2.05) is 12.1 Å². The maximum absolute atomic E-state index is 13.1. The number of hydrogen-bond acceptors (Lipinski definition) is 4. The van der Waals surface area contributed by atoms with Crippen LogP contribution in [0.5, 0.6) is 0 Å². The second-order valence-electron chi connectivity index (χ2n) is 10.6. The molecule has 1 unspecified atom stereocenters. The van der Waals surface area contributed by atoms with Gasteiger partial charge in [-0.1, -0.05) is 46.8 Å². The van der Waals surface area contributed by atoms with Gasteiger partial charge in [-0.05, 0) is 72.6 Å². The van der Waals surface area contributed by atoms with Crippen LogP contribution in [0.1, 0.15) is 69.8 Å². The van der Waals surface area contributed by atoms with Crippen LogP contribution in [0.3, 0.4) is 0 Å². The Hall–Kier alpha value is -2.87. The number of rotatable bonds is 8. The van der Waals surface area contributed by atoms with Gasteiger partial charge in [0.05, 0.1) is 4.90 Å². The zero-order valence-electron chi connectivity index (χ0n) is 21.3. The number of likely N-dealkylation sites (tertiary alicyclic amines) is 1. The zero-order chi connectivity index (χ0) is 25.8. The van der Waals surface area contributed by atoms with Crippen molar-refractivity contribution in [3.8, 4) is 0 Å². The molecule has 1 aliphatic heterocycles. The lowest BCUT2D eigenvalue weighted by Gasteiger charge is -2.24. The van der Waals surface area contributed by atoms with Crippen LogP contribution in [-0.2, 0) is 20.2 Å². The maximum atomic E-state index is 13.1. The molecule has 0 aromatic heterocycles. The Kier molecular flexibility index (Phi) is 8.26. The van der Waals surface area contributed by atoms with Gasteiger partial charge in [0.2, 0.25) is 5.91 Å². The molecule has 0 spiro atoms. The molecule has 2 amide bonds. The van der Waals surface area contributed by atoms with Crippen LogP contribution in [0.2, 0.25) is 0 Å². The minimum absolute atomic E-state index is 0.0683. The molecule has 1 aliphatic rings. The van der Waals surface area contributed by atoms with Crippen molar-refractivity contribution < 1.29 is 18.0 Å². The van der Waals surface area contributed by atoms with Gasteiger partial charge < -0.3 is 10.2 Å². The van der Waals surface area contributed by atoms with Crippen molar-refractivity contribution in [2.24, 2.45) is 5.92 Å². The number of anilines is 1. The standard InChI is InChI=1S/C27H37N3O4S/c1-19(2)16-17-28-25(31)24-7-6-18-30(24)26(32)20-8-12-22(13-9-20)29-35(33,34)23-14-10-21(11-15-23)27(3,4)5/h8-15,19,24,29H,6-7,16-18H2,1-5H3,(H,28,31). The van der Waals surface area contributed by atoms with E-state index in [2.05, 4.69) is 44.7 Å². The lowest BCUT2D eigenvalue weighted by Crippen LogP contribution is -2.46. The molecule has 2 aromatic carbocycles. The van der Waals surface area contributed by atoms with E-state index in [9.17, 15) is 18.0 Å². The van der Waals surface area contributed by atoms with Gasteiger partial charge >= 0.3 is 0 Å². The summed E-state index contributed by atoms with van der Waals surface area (Å²) in [7, 11) is -3.76. The molecule has 0 bridgehead atoms. The minimum atomic E-state index is -3.76. The number of hydrogen-bond donors (Lipinski definition) is 2. The average Bonchev–Trinajstić information content (AvgIpc) is 3.28. The van der Waals surface area contributed by atoms with Crippen LogP contribution in [0.25, 0.3) is 0 Å². The van der Waals surface area contributed by atoms with E-state index in [1.165, 1.54) is 0 Å². The average molecular weight is 500 g/mol. The molecule has 2 N–H and O–H groups in total. The molecule has 0 radical (unpaired) electrons. The van der Waals surface area contributed by atoms with E-state index in [1.54, 1.807) is 41.3 Å². The van der Waals surface area contributed by atoms with Crippen LogP contribution in [0, 0.1) is 5.92 Å². The third-order valence-corrected chi connectivity index (χ3v) is 7.65. The number of carbonyl (C=O) groups excluding carboxylic acids is 2. The van der Waals surface area contributed by atoms with Gasteiger partial charge in [0.25, 0.3) is 15.9 Å². The molecule has 8 heteroatoms. The smallest absolute Gasteiger partial charge is 0.261 e. The Morgan fingerprint density at radius 3 is 2.23 bits per heavy atom. The SMILES string of the molecule is CC(C)CCNC(=O)C1CCCN1C(=O)c1ccc(NS(=O)(=O)c2ccc(C(C)(C)C)cc2)cc1. The van der Waals surface area contributed by atoms with Gasteiger partial charge in [-0.25, -0.2) is 8.42 Å². The van der Waals surface area contributed by atoms with Gasteiger partial charge in [-0.2, -0.15) is 0 Å². The molecule has 2 aromatic rings. The first-order valence-corrected chi connectivity index (χ1v) is 13.7. The summed E-state index contributed by atoms with van der Waals surface area (Å²) in [5.74, 6) is 0.160. The van der Waals surface area contributed by atoms with E-state index in [4.69, 9.17) is 0 Å². The Bertz CT molecular complexity index is 1130. The summed E-state index contributed by atoms with van der Waals surface area (Å²) in [6, 6.07) is 12.7. The van der Waals surface area contributed by atoms with E-state index in [0.717, 1.165) is 18.4 Å². The van der Waals surface area contributed by atoms with Crippen molar-refractivity contribution in [1.82, 2.24) is 10.2 Å². The fourth-order valence-corrected chi connectivity index (χ4v) is 5.14. The molecule has 0 aliphatic carbocycles. The fraction of sp³-hybridized carbons (Fsp3) is 0.481. The second-order valence-corrected chi connectivity index (χ2v) is 12.3. The highest BCUT2D eigenvalue weighted by Gasteiger charge is 2.34. The molecule has 7 nitrogen and oxygen atoms in total. The van der Waals surface area contributed by atoms with E-state index in [0.29, 0.717) is 36.7 Å². The number of amides is 2. The molecule has 3 rings (SSSR count). The van der Waals surface area contributed by atoms with Crippen molar-refractivity contribution in [3.63, 3.8) is 0 Å². The van der Waals surface area contributed by atoms with Crippen LogP contribution < -0.4 is 10.0 Å². The first-order valence-electron chi connectivity index (χ1n) is 12.2. The quantitative estimate of drug-likeness (QED) is 0.557. The lowest BCUT2D eigenvalue weighted by atomic mass is 9.87. The molecule has 1 saturated heterocycles. The molecule has 1 heterocycles. The first kappa shape index (κ1) is 26.7. The first-order chi connectivity index (χ1) is 16.4. The fourth-order valence-electron chi connectivity index (χ4n) is 4.08.